The second-order valence-corrected chi connectivity index (χ2v) is 22.2. The largest absolute Gasteiger partial charge is 0.545 e. The molecular weight excluding hydrogens is 638 g/mol. The van der Waals surface area contributed by atoms with Gasteiger partial charge in [0.05, 0.1) is 11.9 Å². The molecule has 0 radical (unpaired) electrons. The van der Waals surface area contributed by atoms with E-state index in [1.54, 1.807) is 58.6 Å². The Morgan fingerprint density at radius 2 is 0.971 bits per heavy atom. The van der Waals surface area contributed by atoms with E-state index in [1.807, 2.05) is 0 Å². The van der Waals surface area contributed by atoms with Crippen LogP contribution in [0, 0.1) is 0 Å². The van der Waals surface area contributed by atoms with Crippen LogP contribution in [0.25, 0.3) is 0 Å². The van der Waals surface area contributed by atoms with Crippen LogP contribution >= 0.6 is 0 Å². The van der Waals surface area contributed by atoms with E-state index in [0.29, 0.717) is 0 Å². The van der Waals surface area contributed by atoms with Crippen molar-refractivity contribution in [3.8, 4) is 0 Å². The van der Waals surface area contributed by atoms with Gasteiger partial charge in [0.2, 0.25) is 0 Å². The Bertz CT molecular complexity index is 644. The summed E-state index contributed by atoms with van der Waals surface area (Å²) in [7, 11) is 0. The number of rotatable bonds is 11. The van der Waals surface area contributed by atoms with Crippen LogP contribution in [0.4, 0.5) is 0 Å². The number of aromatic carboxylic acids is 2. The summed E-state index contributed by atoms with van der Waals surface area (Å²) >= 11 is -0.503. The van der Waals surface area contributed by atoms with Gasteiger partial charge in [-0.05, 0) is 11.1 Å². The summed E-state index contributed by atoms with van der Waals surface area (Å²) in [5.41, 5.74) is 0.440. The van der Waals surface area contributed by atoms with Crippen molar-refractivity contribution in [2.75, 3.05) is 0 Å². The van der Waals surface area contributed by atoms with Gasteiger partial charge >= 0.3 is 123 Å². The smallest absolute Gasteiger partial charge is 0.0715 e. The van der Waals surface area contributed by atoms with Crippen LogP contribution in [0.2, 0.25) is 22.2 Å². The third-order valence-electron chi connectivity index (χ3n) is 4.93. The standard InChI is InChI=1S/2C7H6O2.2C4H9.3C2H5.2Sn/c2*8-7(9)6-4-2-1-3-5-6;2*1-3-4-2;3*1-2;;/h2*1-5H,(H,8,9);2*1,3-4H2,2H3;3*1H2,2H3;;/q;;;;;;;+1;+2/p-2. The summed E-state index contributed by atoms with van der Waals surface area (Å²) in [5, 5.41) is 20.2. The molecule has 2 aromatic rings. The predicted octanol–water partition coefficient (Wildman–Crippen LogP) is 5.77. The molecule has 34 heavy (non-hydrogen) atoms. The maximum atomic E-state index is 10.1. The van der Waals surface area contributed by atoms with Crippen molar-refractivity contribution in [2.45, 2.75) is 82.5 Å². The van der Waals surface area contributed by atoms with Crippen LogP contribution < -0.4 is 10.2 Å². The number of carbonyl (C=O) groups excluding carboxylic acids is 2. The molecule has 0 aromatic heterocycles. The van der Waals surface area contributed by atoms with Gasteiger partial charge in [0.25, 0.3) is 0 Å². The van der Waals surface area contributed by atoms with Crippen LogP contribution in [0.15, 0.2) is 60.7 Å². The number of carboxylic acids is 2. The first-order valence-electron chi connectivity index (χ1n) is 12.4. The molecule has 2 rings (SSSR count). The average molecular weight is 681 g/mol. The molecule has 0 saturated heterocycles. The van der Waals surface area contributed by atoms with Gasteiger partial charge in [0.15, 0.2) is 0 Å². The van der Waals surface area contributed by atoms with E-state index in [4.69, 9.17) is 0 Å². The molecule has 2 aromatic carbocycles. The molecule has 6 heteroatoms. The quantitative estimate of drug-likeness (QED) is 0.223. The summed E-state index contributed by atoms with van der Waals surface area (Å²) < 4.78 is 7.90. The molecule has 0 aliphatic heterocycles. The number of carbonyl (C=O) groups is 2. The Balaban J connectivity index is 0. The normalized spacial score (nSPS) is 8.97. The fourth-order valence-corrected chi connectivity index (χ4v) is 11.1. The van der Waals surface area contributed by atoms with Gasteiger partial charge in [0.1, 0.15) is 0 Å². The average Bonchev–Trinajstić information content (AvgIpc) is 2.87. The van der Waals surface area contributed by atoms with Gasteiger partial charge in [-0.2, -0.15) is 0 Å². The van der Waals surface area contributed by atoms with Crippen molar-refractivity contribution in [3.63, 3.8) is 0 Å². The Labute approximate surface area is 225 Å². The minimum Gasteiger partial charge on any atom is -0.545 e. The Hall–Kier alpha value is -1.02. The molecule has 0 saturated carbocycles. The molecular formula is C28H43O4Sn2+. The fourth-order valence-electron chi connectivity index (χ4n) is 2.63. The molecule has 0 atom stereocenters. The van der Waals surface area contributed by atoms with Crippen LogP contribution in [-0.4, -0.2) is 52.8 Å². The number of hydrogen-bond donors (Lipinski definition) is 0. The molecule has 0 aliphatic rings. The first-order chi connectivity index (χ1) is 16.4. The zero-order valence-corrected chi connectivity index (χ0v) is 27.5. The summed E-state index contributed by atoms with van der Waals surface area (Å²) in [6.07, 6.45) is 5.84. The van der Waals surface area contributed by atoms with E-state index in [9.17, 15) is 19.8 Å². The minimum atomic E-state index is -1.13. The summed E-state index contributed by atoms with van der Waals surface area (Å²) in [5.74, 6) is -2.26. The summed E-state index contributed by atoms with van der Waals surface area (Å²) in [6, 6.07) is 16.1. The predicted molar refractivity (Wildman–Crippen MR) is 144 cm³/mol. The van der Waals surface area contributed by atoms with E-state index in [1.165, 1.54) is 49.9 Å². The monoisotopic (exact) mass is 683 g/mol. The Morgan fingerprint density at radius 3 is 1.15 bits per heavy atom. The maximum absolute atomic E-state index is 10.1. The van der Waals surface area contributed by atoms with Crippen LogP contribution in [0.1, 0.15) is 81.0 Å². The molecule has 0 spiro atoms. The Morgan fingerprint density at radius 1 is 0.647 bits per heavy atom. The second-order valence-electron chi connectivity index (χ2n) is 7.57. The van der Waals surface area contributed by atoms with Crippen LogP contribution in [0.5, 0.6) is 0 Å². The summed E-state index contributed by atoms with van der Waals surface area (Å²) in [4.78, 5) is 20.2. The molecule has 0 bridgehead atoms. The second kappa shape index (κ2) is 26.6. The minimum absolute atomic E-state index is 0.149. The number of hydrogen-bond acceptors (Lipinski definition) is 4. The van der Waals surface area contributed by atoms with Gasteiger partial charge in [-0.15, -0.1) is 0 Å². The number of benzene rings is 2. The first kappa shape index (κ1) is 35.1. The van der Waals surface area contributed by atoms with Crippen molar-refractivity contribution < 1.29 is 19.8 Å². The fraction of sp³-hybridized carbons (Fsp3) is 0.500. The van der Waals surface area contributed by atoms with Crippen LogP contribution in [-0.2, 0) is 0 Å². The van der Waals surface area contributed by atoms with Crippen molar-refractivity contribution >= 4 is 52.8 Å². The van der Waals surface area contributed by atoms with Crippen molar-refractivity contribution in [1.82, 2.24) is 0 Å². The van der Waals surface area contributed by atoms with Crippen molar-refractivity contribution in [2.24, 2.45) is 0 Å². The van der Waals surface area contributed by atoms with E-state index in [2.05, 4.69) is 34.6 Å². The van der Waals surface area contributed by atoms with Gasteiger partial charge in [-0.3, -0.25) is 0 Å². The molecule has 0 fully saturated rings. The zero-order chi connectivity index (χ0) is 26.0. The molecule has 0 aliphatic carbocycles. The van der Waals surface area contributed by atoms with Crippen molar-refractivity contribution in [3.05, 3.63) is 71.8 Å². The SMILES string of the molecule is CCC[CH2][Sn+2][CH2]CCC.C[CH2][Sn+]([CH2]C)[CH2]C.O=C([O-])c1ccccc1.O=C([O-])c1ccccc1. The Kier molecular flexibility index (Phi) is 27.5. The molecule has 0 heterocycles. The topological polar surface area (TPSA) is 80.3 Å². The zero-order valence-electron chi connectivity index (χ0n) is 21.8. The van der Waals surface area contributed by atoms with E-state index >= 15 is 0 Å². The van der Waals surface area contributed by atoms with Crippen LogP contribution in [0.3, 0.4) is 0 Å². The molecule has 0 amide bonds. The molecule has 4 nitrogen and oxygen atoms in total. The molecule has 0 unspecified atom stereocenters. The molecule has 186 valence electrons. The number of carboxylic acid groups (broad SMARTS) is 2. The van der Waals surface area contributed by atoms with E-state index in [-0.39, 0.29) is 32.3 Å². The van der Waals surface area contributed by atoms with Gasteiger partial charge in [0, 0.05) is 0 Å². The molecule has 0 N–H and O–H groups in total. The third kappa shape index (κ3) is 22.8. The first-order valence-corrected chi connectivity index (χ1v) is 22.5. The summed E-state index contributed by atoms with van der Waals surface area (Å²) in [6.45, 7) is 11.6. The van der Waals surface area contributed by atoms with E-state index in [0.717, 1.165) is 0 Å². The van der Waals surface area contributed by atoms with Gasteiger partial charge in [-0.1, -0.05) is 60.7 Å². The third-order valence-corrected chi connectivity index (χ3v) is 17.5. The van der Waals surface area contributed by atoms with E-state index < -0.39 is 31.7 Å². The van der Waals surface area contributed by atoms with Gasteiger partial charge < -0.3 is 19.8 Å². The van der Waals surface area contributed by atoms with Crippen molar-refractivity contribution in [1.29, 1.82) is 0 Å². The number of unbranched alkanes of at least 4 members (excludes halogenated alkanes) is 2. The van der Waals surface area contributed by atoms with Gasteiger partial charge in [-0.25, -0.2) is 0 Å². The maximum Gasteiger partial charge on any atom is 0.0715 e.